The first kappa shape index (κ1) is 22.9. The highest BCUT2D eigenvalue weighted by atomic mass is 32.2. The normalized spacial score (nSPS) is 15.6. The highest BCUT2D eigenvalue weighted by Crippen LogP contribution is 2.36. The van der Waals surface area contributed by atoms with Crippen molar-refractivity contribution in [3.8, 4) is 11.5 Å². The van der Waals surface area contributed by atoms with Crippen molar-refractivity contribution < 1.29 is 27.5 Å². The minimum atomic E-state index is -3.77. The second-order valence-corrected chi connectivity index (χ2v) is 10.0. The molecule has 10 heteroatoms. The molecule has 0 radical (unpaired) electrons. The summed E-state index contributed by atoms with van der Waals surface area (Å²) in [5.41, 5.74) is 1.03. The minimum absolute atomic E-state index is 0.0555. The van der Waals surface area contributed by atoms with Crippen LogP contribution in [0.25, 0.3) is 0 Å². The van der Waals surface area contributed by atoms with Gasteiger partial charge in [-0.1, -0.05) is 25.0 Å². The molecule has 176 valence electrons. The molecule has 2 aromatic carbocycles. The lowest BCUT2D eigenvalue weighted by Crippen LogP contribution is -2.38. The standard InChI is InChI=1S/C23H27N3O6S/c1-33(29,30)26(17-10-11-20-21(14-17)32-16-31-20)15-22(27)24-19-9-5-4-8-18(19)23(28)25-12-6-2-3-7-13-25/h4-5,8-11,14H,2-3,6-7,12-13,15-16H2,1H3,(H,24,27). The van der Waals surface area contributed by atoms with Crippen LogP contribution in [0.4, 0.5) is 11.4 Å². The van der Waals surface area contributed by atoms with E-state index in [1.165, 1.54) is 6.07 Å². The summed E-state index contributed by atoms with van der Waals surface area (Å²) in [6.07, 6.45) is 5.15. The van der Waals surface area contributed by atoms with E-state index in [9.17, 15) is 18.0 Å². The molecule has 0 atom stereocenters. The summed E-state index contributed by atoms with van der Waals surface area (Å²) in [7, 11) is -3.77. The number of benzene rings is 2. The van der Waals surface area contributed by atoms with Crippen LogP contribution in [0.3, 0.4) is 0 Å². The maximum absolute atomic E-state index is 13.1. The Morgan fingerprint density at radius 2 is 1.70 bits per heavy atom. The summed E-state index contributed by atoms with van der Waals surface area (Å²) in [5.74, 6) is 0.227. The van der Waals surface area contributed by atoms with E-state index in [1.807, 2.05) is 4.90 Å². The Morgan fingerprint density at radius 1 is 1.00 bits per heavy atom. The molecule has 0 spiro atoms. The van der Waals surface area contributed by atoms with Gasteiger partial charge in [-0.2, -0.15) is 0 Å². The second-order valence-electron chi connectivity index (χ2n) is 8.11. The minimum Gasteiger partial charge on any atom is -0.454 e. The van der Waals surface area contributed by atoms with Crippen molar-refractivity contribution in [1.29, 1.82) is 0 Å². The van der Waals surface area contributed by atoms with Crippen molar-refractivity contribution in [3.05, 3.63) is 48.0 Å². The van der Waals surface area contributed by atoms with Gasteiger partial charge in [0.1, 0.15) is 6.54 Å². The van der Waals surface area contributed by atoms with Gasteiger partial charge in [0.2, 0.25) is 22.7 Å². The lowest BCUT2D eigenvalue weighted by atomic mass is 10.1. The number of rotatable bonds is 6. The first-order chi connectivity index (χ1) is 15.8. The molecule has 2 aliphatic rings. The van der Waals surface area contributed by atoms with Crippen LogP contribution in [0, 0.1) is 0 Å². The topological polar surface area (TPSA) is 105 Å². The van der Waals surface area contributed by atoms with Crippen molar-refractivity contribution in [2.45, 2.75) is 25.7 Å². The molecule has 1 fully saturated rings. The van der Waals surface area contributed by atoms with E-state index in [-0.39, 0.29) is 18.4 Å². The number of ether oxygens (including phenoxy) is 2. The lowest BCUT2D eigenvalue weighted by molar-refractivity contribution is -0.114. The predicted molar refractivity (Wildman–Crippen MR) is 124 cm³/mol. The molecule has 0 unspecified atom stereocenters. The van der Waals surface area contributed by atoms with E-state index < -0.39 is 22.5 Å². The van der Waals surface area contributed by atoms with Crippen LogP contribution >= 0.6 is 0 Å². The number of hydrogen-bond donors (Lipinski definition) is 1. The summed E-state index contributed by atoms with van der Waals surface area (Å²) in [5, 5.41) is 2.72. The number of carbonyl (C=O) groups is 2. The molecule has 0 bridgehead atoms. The van der Waals surface area contributed by atoms with Gasteiger partial charge in [0.05, 0.1) is 23.2 Å². The lowest BCUT2D eigenvalue weighted by Gasteiger charge is -2.24. The van der Waals surface area contributed by atoms with Crippen molar-refractivity contribution in [3.63, 3.8) is 0 Å². The number of likely N-dealkylation sites (tertiary alicyclic amines) is 1. The molecule has 0 aliphatic carbocycles. The fourth-order valence-electron chi connectivity index (χ4n) is 3.98. The molecular weight excluding hydrogens is 446 g/mol. The Hall–Kier alpha value is -3.27. The largest absolute Gasteiger partial charge is 0.454 e. The predicted octanol–water partition coefficient (Wildman–Crippen LogP) is 2.84. The van der Waals surface area contributed by atoms with Crippen LogP contribution in [-0.2, 0) is 14.8 Å². The van der Waals surface area contributed by atoms with E-state index in [0.29, 0.717) is 35.8 Å². The fourth-order valence-corrected chi connectivity index (χ4v) is 4.83. The van der Waals surface area contributed by atoms with Crippen LogP contribution in [-0.4, -0.2) is 57.8 Å². The third-order valence-corrected chi connectivity index (χ3v) is 6.80. The molecule has 2 heterocycles. The van der Waals surface area contributed by atoms with E-state index in [2.05, 4.69) is 5.32 Å². The van der Waals surface area contributed by atoms with Gasteiger partial charge in [-0.15, -0.1) is 0 Å². The molecule has 2 aliphatic heterocycles. The SMILES string of the molecule is CS(=O)(=O)N(CC(=O)Nc1ccccc1C(=O)N1CCCCCC1)c1ccc2c(c1)OCO2. The fraction of sp³-hybridized carbons (Fsp3) is 0.391. The third-order valence-electron chi connectivity index (χ3n) is 5.66. The van der Waals surface area contributed by atoms with Gasteiger partial charge in [-0.05, 0) is 37.1 Å². The summed E-state index contributed by atoms with van der Waals surface area (Å²) < 4.78 is 36.5. The number of amides is 2. The van der Waals surface area contributed by atoms with Crippen molar-refractivity contribution in [2.75, 3.05) is 42.3 Å². The smallest absolute Gasteiger partial charge is 0.255 e. The number of para-hydroxylation sites is 1. The van der Waals surface area contributed by atoms with Gasteiger partial charge >= 0.3 is 0 Å². The Kier molecular flexibility index (Phi) is 6.73. The Bertz CT molecular complexity index is 1140. The summed E-state index contributed by atoms with van der Waals surface area (Å²) >= 11 is 0. The van der Waals surface area contributed by atoms with Crippen LogP contribution in [0.1, 0.15) is 36.0 Å². The highest BCUT2D eigenvalue weighted by Gasteiger charge is 2.25. The average molecular weight is 474 g/mol. The van der Waals surface area contributed by atoms with Gasteiger partial charge in [-0.3, -0.25) is 13.9 Å². The molecule has 4 rings (SSSR count). The zero-order valence-corrected chi connectivity index (χ0v) is 19.3. The second kappa shape index (κ2) is 9.70. The van der Waals surface area contributed by atoms with Gasteiger partial charge in [0.15, 0.2) is 11.5 Å². The summed E-state index contributed by atoms with van der Waals surface area (Å²) in [6, 6.07) is 11.5. The third kappa shape index (κ3) is 5.39. The van der Waals surface area contributed by atoms with Crippen LogP contribution in [0.15, 0.2) is 42.5 Å². The first-order valence-electron chi connectivity index (χ1n) is 10.9. The van der Waals surface area contributed by atoms with Gasteiger partial charge in [-0.25, -0.2) is 8.42 Å². The number of hydrogen-bond acceptors (Lipinski definition) is 6. The van der Waals surface area contributed by atoms with Crippen molar-refractivity contribution in [1.82, 2.24) is 4.90 Å². The van der Waals surface area contributed by atoms with Gasteiger partial charge in [0, 0.05) is 19.2 Å². The van der Waals surface area contributed by atoms with Crippen molar-refractivity contribution in [2.24, 2.45) is 0 Å². The Balaban J connectivity index is 1.52. The number of anilines is 2. The molecule has 9 nitrogen and oxygen atoms in total. The summed E-state index contributed by atoms with van der Waals surface area (Å²) in [4.78, 5) is 27.8. The van der Waals surface area contributed by atoms with Crippen LogP contribution in [0.5, 0.6) is 11.5 Å². The number of sulfonamides is 1. The Labute approximate surface area is 193 Å². The zero-order valence-electron chi connectivity index (χ0n) is 18.5. The quantitative estimate of drug-likeness (QED) is 0.692. The zero-order chi connectivity index (χ0) is 23.4. The molecule has 0 aromatic heterocycles. The van der Waals surface area contributed by atoms with E-state index in [1.54, 1.807) is 36.4 Å². The monoisotopic (exact) mass is 473 g/mol. The van der Waals surface area contributed by atoms with Crippen LogP contribution in [0.2, 0.25) is 0 Å². The molecule has 2 aromatic rings. The summed E-state index contributed by atoms with van der Waals surface area (Å²) in [6.45, 7) is 0.977. The maximum Gasteiger partial charge on any atom is 0.255 e. The van der Waals surface area contributed by atoms with Gasteiger partial charge < -0.3 is 19.7 Å². The van der Waals surface area contributed by atoms with E-state index >= 15 is 0 Å². The highest BCUT2D eigenvalue weighted by molar-refractivity contribution is 7.92. The Morgan fingerprint density at radius 3 is 2.42 bits per heavy atom. The van der Waals surface area contributed by atoms with E-state index in [0.717, 1.165) is 36.2 Å². The molecular formula is C23H27N3O6S. The van der Waals surface area contributed by atoms with Crippen LogP contribution < -0.4 is 19.1 Å². The number of nitrogens with zero attached hydrogens (tertiary/aromatic N) is 2. The maximum atomic E-state index is 13.1. The first-order valence-corrected chi connectivity index (χ1v) is 12.7. The molecule has 1 saturated heterocycles. The van der Waals surface area contributed by atoms with Crippen molar-refractivity contribution >= 4 is 33.2 Å². The average Bonchev–Trinajstić information content (AvgIpc) is 3.08. The number of fused-ring (bicyclic) bond motifs is 1. The molecule has 2 amide bonds. The number of carbonyl (C=O) groups excluding carboxylic acids is 2. The van der Waals surface area contributed by atoms with Gasteiger partial charge in [0.25, 0.3) is 5.91 Å². The molecule has 33 heavy (non-hydrogen) atoms. The number of nitrogens with one attached hydrogen (secondary N) is 1. The molecule has 0 saturated carbocycles. The van der Waals surface area contributed by atoms with E-state index in [4.69, 9.17) is 9.47 Å². The molecule has 1 N–H and O–H groups in total.